The first kappa shape index (κ1) is 29.9. The van der Waals surface area contributed by atoms with Gasteiger partial charge in [-0.2, -0.15) is 0 Å². The molecule has 1 heterocycles. The van der Waals surface area contributed by atoms with Gasteiger partial charge in [0.05, 0.1) is 7.11 Å². The van der Waals surface area contributed by atoms with E-state index in [-0.39, 0.29) is 34.9 Å². The standard InChI is InChI=1S/C34H39ClN2O5/c1-7-37-23-15-33(2,3)17-25(38)31(23)30(32-24(37)16-34(4,5)18-26(32)39)20-8-13-27(28(14-20)41-6)42-19-29(40)36-22-11-9-21(35)10-12-22/h8-14,30H,7,15-19H2,1-6H3,(H,36,40). The monoisotopic (exact) mass is 590 g/mol. The van der Waals surface area contributed by atoms with Gasteiger partial charge in [-0.1, -0.05) is 45.4 Å². The van der Waals surface area contributed by atoms with E-state index < -0.39 is 5.92 Å². The van der Waals surface area contributed by atoms with E-state index in [4.69, 9.17) is 21.1 Å². The molecule has 7 nitrogen and oxygen atoms in total. The van der Waals surface area contributed by atoms with Gasteiger partial charge in [-0.15, -0.1) is 0 Å². The Bertz CT molecular complexity index is 1450. The van der Waals surface area contributed by atoms with Crippen LogP contribution in [0, 0.1) is 10.8 Å². The van der Waals surface area contributed by atoms with Crippen molar-refractivity contribution in [2.24, 2.45) is 10.8 Å². The second kappa shape index (κ2) is 11.3. The van der Waals surface area contributed by atoms with Crippen molar-refractivity contribution in [1.82, 2.24) is 4.90 Å². The van der Waals surface area contributed by atoms with Gasteiger partial charge in [0, 0.05) is 58.6 Å². The van der Waals surface area contributed by atoms with E-state index in [2.05, 4.69) is 44.8 Å². The summed E-state index contributed by atoms with van der Waals surface area (Å²) in [6.45, 7) is 11.1. The number of carbonyl (C=O) groups excluding carboxylic acids is 3. The lowest BCUT2D eigenvalue weighted by molar-refractivity contribution is -0.120. The number of methoxy groups -OCH3 is 1. The Balaban J connectivity index is 1.51. The first-order valence-electron chi connectivity index (χ1n) is 14.5. The largest absolute Gasteiger partial charge is 0.493 e. The van der Waals surface area contributed by atoms with E-state index in [1.54, 1.807) is 30.3 Å². The Kier molecular flexibility index (Phi) is 8.01. The molecule has 0 fully saturated rings. The second-order valence-corrected chi connectivity index (χ2v) is 13.5. The van der Waals surface area contributed by atoms with Gasteiger partial charge in [0.15, 0.2) is 29.7 Å². The van der Waals surface area contributed by atoms with Crippen molar-refractivity contribution in [2.75, 3.05) is 25.6 Å². The third-order valence-electron chi connectivity index (χ3n) is 8.35. The molecule has 1 N–H and O–H groups in total. The van der Waals surface area contributed by atoms with Gasteiger partial charge in [-0.3, -0.25) is 14.4 Å². The first-order chi connectivity index (χ1) is 19.8. The summed E-state index contributed by atoms with van der Waals surface area (Å²) in [5, 5.41) is 3.36. The number of hydrogen-bond donors (Lipinski definition) is 1. The van der Waals surface area contributed by atoms with Crippen LogP contribution in [-0.4, -0.2) is 42.6 Å². The average molecular weight is 591 g/mol. The van der Waals surface area contributed by atoms with Crippen molar-refractivity contribution >= 4 is 34.8 Å². The molecule has 2 aliphatic carbocycles. The van der Waals surface area contributed by atoms with E-state index in [0.717, 1.165) is 40.9 Å². The maximum atomic E-state index is 13.8. The molecular formula is C34H39ClN2O5. The fraction of sp³-hybridized carbons (Fsp3) is 0.441. The van der Waals surface area contributed by atoms with Crippen molar-refractivity contribution in [3.05, 3.63) is 75.6 Å². The number of anilines is 1. The molecule has 8 heteroatoms. The topological polar surface area (TPSA) is 84.9 Å². The van der Waals surface area contributed by atoms with Crippen LogP contribution in [0.5, 0.6) is 11.5 Å². The molecule has 2 aromatic carbocycles. The molecule has 42 heavy (non-hydrogen) atoms. The third kappa shape index (κ3) is 5.84. The van der Waals surface area contributed by atoms with Gasteiger partial charge < -0.3 is 19.7 Å². The molecule has 3 aliphatic rings. The van der Waals surface area contributed by atoms with Crippen LogP contribution in [0.1, 0.15) is 71.8 Å². The molecule has 0 spiro atoms. The highest BCUT2D eigenvalue weighted by Gasteiger charge is 2.48. The summed E-state index contributed by atoms with van der Waals surface area (Å²) in [5.41, 5.74) is 4.60. The van der Waals surface area contributed by atoms with Crippen molar-refractivity contribution in [3.63, 3.8) is 0 Å². The van der Waals surface area contributed by atoms with Crippen molar-refractivity contribution in [3.8, 4) is 11.5 Å². The van der Waals surface area contributed by atoms with Crippen LogP contribution in [0.4, 0.5) is 5.69 Å². The van der Waals surface area contributed by atoms with Gasteiger partial charge in [0.2, 0.25) is 0 Å². The van der Waals surface area contributed by atoms with Crippen LogP contribution >= 0.6 is 11.6 Å². The zero-order valence-corrected chi connectivity index (χ0v) is 26.0. The molecule has 0 saturated heterocycles. The number of benzene rings is 2. The van der Waals surface area contributed by atoms with Gasteiger partial charge in [0.25, 0.3) is 5.91 Å². The Labute approximate surface area is 252 Å². The fourth-order valence-electron chi connectivity index (χ4n) is 6.62. The number of carbonyl (C=O) groups is 3. The predicted molar refractivity (Wildman–Crippen MR) is 164 cm³/mol. The van der Waals surface area contributed by atoms with Gasteiger partial charge in [-0.05, 0) is 72.6 Å². The molecule has 0 aromatic heterocycles. The summed E-state index contributed by atoms with van der Waals surface area (Å²) in [6, 6.07) is 12.3. The van der Waals surface area contributed by atoms with E-state index in [0.29, 0.717) is 41.6 Å². The van der Waals surface area contributed by atoms with Crippen LogP contribution in [0.25, 0.3) is 0 Å². The maximum Gasteiger partial charge on any atom is 0.262 e. The highest BCUT2D eigenvalue weighted by molar-refractivity contribution is 6.30. The van der Waals surface area contributed by atoms with Crippen LogP contribution < -0.4 is 14.8 Å². The molecule has 222 valence electrons. The number of halogens is 1. The maximum absolute atomic E-state index is 13.8. The SMILES string of the molecule is CCN1C2=C(C(=O)CC(C)(C)C2)C(c2ccc(OCC(=O)Nc3ccc(Cl)cc3)c(OC)c2)C2=C1CC(C)(C)CC2=O. The molecule has 0 unspecified atom stereocenters. The number of allylic oxidation sites excluding steroid dienone is 4. The highest BCUT2D eigenvalue weighted by Crippen LogP contribution is 2.54. The molecule has 5 rings (SSSR count). The Hall–Kier alpha value is -3.58. The minimum absolute atomic E-state index is 0.0899. The smallest absolute Gasteiger partial charge is 0.262 e. The van der Waals surface area contributed by atoms with Crippen LogP contribution in [-0.2, 0) is 14.4 Å². The Morgan fingerprint density at radius 1 is 0.905 bits per heavy atom. The van der Waals surface area contributed by atoms with E-state index in [1.807, 2.05) is 12.1 Å². The Morgan fingerprint density at radius 3 is 2.00 bits per heavy atom. The van der Waals surface area contributed by atoms with Crippen molar-refractivity contribution < 1.29 is 23.9 Å². The van der Waals surface area contributed by atoms with Gasteiger partial charge in [-0.25, -0.2) is 0 Å². The number of nitrogens with one attached hydrogen (secondary N) is 1. The molecular weight excluding hydrogens is 552 g/mol. The number of ketones is 2. The van der Waals surface area contributed by atoms with Gasteiger partial charge in [0.1, 0.15) is 0 Å². The minimum Gasteiger partial charge on any atom is -0.493 e. The quantitative estimate of drug-likeness (QED) is 0.371. The summed E-state index contributed by atoms with van der Waals surface area (Å²) in [6.07, 6.45) is 2.40. The van der Waals surface area contributed by atoms with Crippen LogP contribution in [0.2, 0.25) is 5.02 Å². The first-order valence-corrected chi connectivity index (χ1v) is 14.9. The number of rotatable bonds is 7. The average Bonchev–Trinajstić information content (AvgIpc) is 2.90. The van der Waals surface area contributed by atoms with E-state index >= 15 is 0 Å². The molecule has 0 atom stereocenters. The Morgan fingerprint density at radius 2 is 1.48 bits per heavy atom. The minimum atomic E-state index is -0.471. The summed E-state index contributed by atoms with van der Waals surface area (Å²) in [4.78, 5) is 42.5. The summed E-state index contributed by atoms with van der Waals surface area (Å²) < 4.78 is 11.5. The number of Topliss-reactive ketones (excluding diaryl/α,β-unsaturated/α-hetero) is 2. The zero-order chi connectivity index (χ0) is 30.4. The molecule has 0 saturated carbocycles. The summed E-state index contributed by atoms with van der Waals surface area (Å²) >= 11 is 5.93. The molecule has 0 radical (unpaired) electrons. The molecule has 1 amide bonds. The van der Waals surface area contributed by atoms with Crippen LogP contribution in [0.15, 0.2) is 65.0 Å². The summed E-state index contributed by atoms with van der Waals surface area (Å²) in [5.74, 6) is 0.210. The van der Waals surface area contributed by atoms with Crippen molar-refractivity contribution in [2.45, 2.75) is 66.2 Å². The van der Waals surface area contributed by atoms with E-state index in [1.165, 1.54) is 7.11 Å². The third-order valence-corrected chi connectivity index (χ3v) is 8.60. The second-order valence-electron chi connectivity index (χ2n) is 13.0. The normalized spacial score (nSPS) is 19.8. The molecule has 0 bridgehead atoms. The zero-order valence-electron chi connectivity index (χ0n) is 25.2. The number of ether oxygens (including phenoxy) is 2. The summed E-state index contributed by atoms with van der Waals surface area (Å²) in [7, 11) is 1.54. The fourth-order valence-corrected chi connectivity index (χ4v) is 6.75. The number of amides is 1. The predicted octanol–water partition coefficient (Wildman–Crippen LogP) is 7.07. The molecule has 1 aliphatic heterocycles. The van der Waals surface area contributed by atoms with E-state index in [9.17, 15) is 14.4 Å². The van der Waals surface area contributed by atoms with Crippen LogP contribution in [0.3, 0.4) is 0 Å². The number of nitrogens with zero attached hydrogens (tertiary/aromatic N) is 1. The van der Waals surface area contributed by atoms with Gasteiger partial charge >= 0.3 is 0 Å². The lowest BCUT2D eigenvalue weighted by Crippen LogP contribution is -2.44. The lowest BCUT2D eigenvalue weighted by atomic mass is 9.63. The molecule has 2 aromatic rings. The highest BCUT2D eigenvalue weighted by atomic mass is 35.5. The number of hydrogen-bond acceptors (Lipinski definition) is 6. The lowest BCUT2D eigenvalue weighted by Gasteiger charge is -2.48. The van der Waals surface area contributed by atoms with Crippen molar-refractivity contribution in [1.29, 1.82) is 0 Å².